The monoisotopic (exact) mass is 434 g/mol. The van der Waals surface area contributed by atoms with E-state index in [1.54, 1.807) is 13.8 Å². The van der Waals surface area contributed by atoms with E-state index < -0.39 is 47.8 Å². The number of ether oxygens (including phenoxy) is 2. The molecule has 168 valence electrons. The van der Waals surface area contributed by atoms with Crippen molar-refractivity contribution in [2.45, 2.75) is 58.2 Å². The first-order valence-corrected chi connectivity index (χ1v) is 10.1. The summed E-state index contributed by atoms with van der Waals surface area (Å²) in [5, 5.41) is 0. The zero-order chi connectivity index (χ0) is 23.0. The standard InChI is InChI=1S/C21H26N2O8/c1-14(12-22-16(24)8-9-17(22)25)30-20(28)6-4-3-5-7-21(29)31-15(2)13-23-18(26)10-11-19(23)27/h8-11,14-15H,3-7,12-13H2,1-2H3. The summed E-state index contributed by atoms with van der Waals surface area (Å²) in [5.74, 6) is -2.59. The van der Waals surface area contributed by atoms with E-state index in [1.807, 2.05) is 0 Å². The van der Waals surface area contributed by atoms with Gasteiger partial charge in [-0.3, -0.25) is 38.6 Å². The maximum Gasteiger partial charge on any atom is 0.306 e. The SMILES string of the molecule is CC(CN1C(=O)C=CC1=O)OC(=O)CCCCCC(=O)OC(C)CN1C(=O)C=CC1=O. The Kier molecular flexibility index (Phi) is 8.65. The highest BCUT2D eigenvalue weighted by Gasteiger charge is 2.27. The number of hydrogen-bond acceptors (Lipinski definition) is 8. The highest BCUT2D eigenvalue weighted by Crippen LogP contribution is 2.11. The van der Waals surface area contributed by atoms with Gasteiger partial charge in [-0.05, 0) is 26.7 Å². The Morgan fingerprint density at radius 2 is 1.00 bits per heavy atom. The molecule has 0 aromatic carbocycles. The first kappa shape index (κ1) is 24.0. The molecule has 0 saturated carbocycles. The normalized spacial score (nSPS) is 17.5. The average molecular weight is 434 g/mol. The van der Waals surface area contributed by atoms with E-state index in [9.17, 15) is 28.8 Å². The number of unbranched alkanes of at least 4 members (excludes halogenated alkanes) is 2. The molecular weight excluding hydrogens is 408 g/mol. The number of imide groups is 2. The van der Waals surface area contributed by atoms with E-state index in [0.717, 1.165) is 9.80 Å². The summed E-state index contributed by atoms with van der Waals surface area (Å²) in [6.45, 7) is 3.22. The summed E-state index contributed by atoms with van der Waals surface area (Å²) in [6.07, 6.45) is 5.41. The minimum absolute atomic E-state index is 0.00508. The third-order valence-electron chi connectivity index (χ3n) is 4.61. The molecule has 0 radical (unpaired) electrons. The first-order chi connectivity index (χ1) is 14.7. The summed E-state index contributed by atoms with van der Waals surface area (Å²) in [4.78, 5) is 71.7. The summed E-state index contributed by atoms with van der Waals surface area (Å²) in [6, 6.07) is 0. The number of esters is 2. The van der Waals surface area contributed by atoms with Crippen LogP contribution in [0.1, 0.15) is 46.0 Å². The highest BCUT2D eigenvalue weighted by atomic mass is 16.5. The fourth-order valence-corrected chi connectivity index (χ4v) is 3.09. The molecule has 2 rings (SSSR count). The third-order valence-corrected chi connectivity index (χ3v) is 4.61. The van der Waals surface area contributed by atoms with Crippen molar-refractivity contribution in [2.24, 2.45) is 0 Å². The number of hydrogen-bond donors (Lipinski definition) is 0. The third kappa shape index (κ3) is 7.47. The molecule has 4 amide bonds. The molecule has 0 aliphatic carbocycles. The Hall–Kier alpha value is -3.30. The maximum absolute atomic E-state index is 11.9. The van der Waals surface area contributed by atoms with E-state index in [2.05, 4.69) is 0 Å². The maximum atomic E-state index is 11.9. The van der Waals surface area contributed by atoms with E-state index in [1.165, 1.54) is 24.3 Å². The van der Waals surface area contributed by atoms with Crippen LogP contribution in [0.3, 0.4) is 0 Å². The second-order valence-corrected chi connectivity index (χ2v) is 7.40. The molecule has 2 atom stereocenters. The topological polar surface area (TPSA) is 127 Å². The van der Waals surface area contributed by atoms with E-state index >= 15 is 0 Å². The van der Waals surface area contributed by atoms with Gasteiger partial charge < -0.3 is 9.47 Å². The second-order valence-electron chi connectivity index (χ2n) is 7.40. The predicted molar refractivity (Wildman–Crippen MR) is 106 cm³/mol. The Labute approximate surface area is 179 Å². The van der Waals surface area contributed by atoms with Gasteiger partial charge in [0.05, 0.1) is 13.1 Å². The minimum atomic E-state index is -0.610. The van der Waals surface area contributed by atoms with Crippen molar-refractivity contribution in [2.75, 3.05) is 13.1 Å². The van der Waals surface area contributed by atoms with E-state index in [0.29, 0.717) is 19.3 Å². The average Bonchev–Trinajstić information content (AvgIpc) is 3.17. The number of carbonyl (C=O) groups is 6. The van der Waals surface area contributed by atoms with Crippen LogP contribution in [0, 0.1) is 0 Å². The Morgan fingerprint density at radius 1 is 0.677 bits per heavy atom. The van der Waals surface area contributed by atoms with Gasteiger partial charge in [0.2, 0.25) is 0 Å². The van der Waals surface area contributed by atoms with Crippen molar-refractivity contribution >= 4 is 35.6 Å². The lowest BCUT2D eigenvalue weighted by Crippen LogP contribution is -2.37. The predicted octanol–water partition coefficient (Wildman–Crippen LogP) is 0.650. The summed E-state index contributed by atoms with van der Waals surface area (Å²) in [5.41, 5.74) is 0. The van der Waals surface area contributed by atoms with Gasteiger partial charge in [0, 0.05) is 37.1 Å². The van der Waals surface area contributed by atoms with Gasteiger partial charge in [-0.15, -0.1) is 0 Å². The minimum Gasteiger partial charge on any atom is -0.461 e. The number of rotatable bonds is 12. The largest absolute Gasteiger partial charge is 0.461 e. The molecule has 2 heterocycles. The smallest absolute Gasteiger partial charge is 0.306 e. The molecule has 10 heteroatoms. The molecule has 0 saturated heterocycles. The van der Waals surface area contributed by atoms with Crippen molar-refractivity contribution < 1.29 is 38.2 Å². The Balaban J connectivity index is 1.53. The van der Waals surface area contributed by atoms with Crippen molar-refractivity contribution in [3.05, 3.63) is 24.3 Å². The Bertz CT molecular complexity index is 714. The van der Waals surface area contributed by atoms with Crippen LogP contribution in [0.2, 0.25) is 0 Å². The molecular formula is C21H26N2O8. The molecule has 0 fully saturated rings. The van der Waals surface area contributed by atoms with Crippen molar-refractivity contribution in [1.29, 1.82) is 0 Å². The quantitative estimate of drug-likeness (QED) is 0.249. The van der Waals surface area contributed by atoms with Gasteiger partial charge >= 0.3 is 11.9 Å². The van der Waals surface area contributed by atoms with Crippen LogP contribution in [-0.4, -0.2) is 70.7 Å². The van der Waals surface area contributed by atoms with Gasteiger partial charge in [0.15, 0.2) is 0 Å². The van der Waals surface area contributed by atoms with Gasteiger partial charge in [-0.1, -0.05) is 6.42 Å². The van der Waals surface area contributed by atoms with Crippen LogP contribution in [0.5, 0.6) is 0 Å². The fraction of sp³-hybridized carbons (Fsp3) is 0.524. The fourth-order valence-electron chi connectivity index (χ4n) is 3.09. The molecule has 10 nitrogen and oxygen atoms in total. The molecule has 0 aromatic rings. The van der Waals surface area contributed by atoms with Crippen LogP contribution in [0.25, 0.3) is 0 Å². The lowest BCUT2D eigenvalue weighted by Gasteiger charge is -2.19. The van der Waals surface area contributed by atoms with Crippen LogP contribution in [-0.2, 0) is 38.2 Å². The number of carbonyl (C=O) groups excluding carboxylic acids is 6. The first-order valence-electron chi connectivity index (χ1n) is 10.1. The van der Waals surface area contributed by atoms with Gasteiger partial charge in [0.25, 0.3) is 23.6 Å². The Morgan fingerprint density at radius 3 is 1.32 bits per heavy atom. The van der Waals surface area contributed by atoms with Crippen molar-refractivity contribution in [3.63, 3.8) is 0 Å². The lowest BCUT2D eigenvalue weighted by molar-refractivity contribution is -0.153. The van der Waals surface area contributed by atoms with Crippen LogP contribution in [0.15, 0.2) is 24.3 Å². The van der Waals surface area contributed by atoms with Crippen LogP contribution in [0.4, 0.5) is 0 Å². The highest BCUT2D eigenvalue weighted by molar-refractivity contribution is 6.13. The van der Waals surface area contributed by atoms with Gasteiger partial charge in [-0.2, -0.15) is 0 Å². The van der Waals surface area contributed by atoms with Crippen molar-refractivity contribution in [3.8, 4) is 0 Å². The number of nitrogens with zero attached hydrogens (tertiary/aromatic N) is 2. The molecule has 2 aliphatic rings. The molecule has 0 N–H and O–H groups in total. The molecule has 2 unspecified atom stereocenters. The van der Waals surface area contributed by atoms with E-state index in [4.69, 9.17) is 9.47 Å². The summed E-state index contributed by atoms with van der Waals surface area (Å²) in [7, 11) is 0. The second kappa shape index (κ2) is 11.2. The zero-order valence-electron chi connectivity index (χ0n) is 17.6. The lowest BCUT2D eigenvalue weighted by atomic mass is 10.1. The number of amides is 4. The zero-order valence-corrected chi connectivity index (χ0v) is 17.6. The van der Waals surface area contributed by atoms with Gasteiger partial charge in [0.1, 0.15) is 12.2 Å². The molecule has 0 aromatic heterocycles. The summed E-state index contributed by atoms with van der Waals surface area (Å²) >= 11 is 0. The molecule has 2 aliphatic heterocycles. The summed E-state index contributed by atoms with van der Waals surface area (Å²) < 4.78 is 10.4. The van der Waals surface area contributed by atoms with Crippen LogP contribution < -0.4 is 0 Å². The van der Waals surface area contributed by atoms with Gasteiger partial charge in [-0.25, -0.2) is 0 Å². The van der Waals surface area contributed by atoms with Crippen molar-refractivity contribution in [1.82, 2.24) is 9.80 Å². The van der Waals surface area contributed by atoms with Crippen LogP contribution >= 0.6 is 0 Å². The molecule has 31 heavy (non-hydrogen) atoms. The van der Waals surface area contributed by atoms with E-state index in [-0.39, 0.29) is 25.9 Å². The molecule has 0 spiro atoms. The molecule has 0 bridgehead atoms.